The summed E-state index contributed by atoms with van der Waals surface area (Å²) in [6.07, 6.45) is 0. The maximum Gasteiger partial charge on any atom is 0.324 e. The number of nitrogens with one attached hydrogen (secondary N) is 1. The summed E-state index contributed by atoms with van der Waals surface area (Å²) in [6.45, 7) is 1.37. The molecule has 0 aromatic heterocycles. The van der Waals surface area contributed by atoms with E-state index in [1.54, 1.807) is 24.3 Å². The molecule has 2 aliphatic rings. The third-order valence-electron chi connectivity index (χ3n) is 6.00. The number of carbonyl (C=O) groups excluding carboxylic acids is 2. The summed E-state index contributed by atoms with van der Waals surface area (Å²) in [7, 11) is 1.46. The number of para-hydroxylation sites is 1. The number of carbonyl (C=O) groups is 3. The molecule has 0 aliphatic carbocycles. The molecule has 160 valence electrons. The molecule has 4 atom stereocenters. The van der Waals surface area contributed by atoms with E-state index in [2.05, 4.69) is 5.32 Å². The molecule has 0 saturated carbocycles. The minimum atomic E-state index is -1.72. The molecule has 0 spiro atoms. The molecule has 2 saturated heterocycles. The Morgan fingerprint density at radius 1 is 1.19 bits per heavy atom. The second kappa shape index (κ2) is 7.17. The zero-order chi connectivity index (χ0) is 22.5. The molecule has 10 heteroatoms. The number of carboxylic acids is 1. The first-order valence-electron chi connectivity index (χ1n) is 9.47. The first kappa shape index (κ1) is 20.5. The SMILES string of the molecule is COc1ccccc1C1NC(C)(C(=O)O)C2C(=O)N(c3cccc([N+](=O)[O-])c3)C(=O)C12. The predicted molar refractivity (Wildman–Crippen MR) is 107 cm³/mol. The lowest BCUT2D eigenvalue weighted by Gasteiger charge is -2.27. The van der Waals surface area contributed by atoms with Crippen LogP contribution >= 0.6 is 0 Å². The van der Waals surface area contributed by atoms with Gasteiger partial charge in [-0.15, -0.1) is 0 Å². The van der Waals surface area contributed by atoms with Crippen LogP contribution in [0, 0.1) is 22.0 Å². The first-order valence-corrected chi connectivity index (χ1v) is 9.47. The monoisotopic (exact) mass is 425 g/mol. The maximum atomic E-state index is 13.4. The Hall–Kier alpha value is -3.79. The lowest BCUT2D eigenvalue weighted by Crippen LogP contribution is -2.53. The summed E-state index contributed by atoms with van der Waals surface area (Å²) in [5.74, 6) is -4.39. The minimum absolute atomic E-state index is 0.0325. The summed E-state index contributed by atoms with van der Waals surface area (Å²) in [5.41, 5.74) is -1.43. The van der Waals surface area contributed by atoms with Gasteiger partial charge < -0.3 is 9.84 Å². The molecule has 0 radical (unpaired) electrons. The number of hydrogen-bond acceptors (Lipinski definition) is 7. The van der Waals surface area contributed by atoms with Crippen molar-refractivity contribution < 1.29 is 29.2 Å². The van der Waals surface area contributed by atoms with Crippen LogP contribution < -0.4 is 15.0 Å². The molecule has 2 aromatic carbocycles. The summed E-state index contributed by atoms with van der Waals surface area (Å²) in [6, 6.07) is 11.2. The van der Waals surface area contributed by atoms with Gasteiger partial charge in [-0.25, -0.2) is 4.90 Å². The number of rotatable bonds is 5. The van der Waals surface area contributed by atoms with Crippen LogP contribution in [0.25, 0.3) is 0 Å². The van der Waals surface area contributed by atoms with Crippen molar-refractivity contribution in [1.82, 2.24) is 5.32 Å². The van der Waals surface area contributed by atoms with E-state index in [1.165, 1.54) is 32.2 Å². The average Bonchev–Trinajstić information content (AvgIpc) is 3.21. The number of anilines is 1. The Kier molecular flexibility index (Phi) is 4.74. The molecule has 2 amide bonds. The average molecular weight is 425 g/mol. The van der Waals surface area contributed by atoms with Gasteiger partial charge in [-0.05, 0) is 19.1 Å². The lowest BCUT2D eigenvalue weighted by atomic mass is 9.80. The predicted octanol–water partition coefficient (Wildman–Crippen LogP) is 1.90. The van der Waals surface area contributed by atoms with Crippen molar-refractivity contribution in [2.75, 3.05) is 12.0 Å². The number of carboxylic acid groups (broad SMARTS) is 1. The standard InChI is InChI=1S/C21H19N3O7/c1-21(20(27)28)16-15(17(22-21)13-8-3-4-9-14(13)31-2)18(25)23(19(16)26)11-6-5-7-12(10-11)24(29)30/h3-10,15-17,22H,1-2H3,(H,27,28). The van der Waals surface area contributed by atoms with Gasteiger partial charge in [0.25, 0.3) is 5.69 Å². The number of nitro benzene ring substituents is 1. The highest BCUT2D eigenvalue weighted by atomic mass is 16.6. The van der Waals surface area contributed by atoms with E-state index in [9.17, 15) is 29.6 Å². The van der Waals surface area contributed by atoms with Gasteiger partial charge in [0.05, 0.1) is 29.6 Å². The number of hydrogen-bond donors (Lipinski definition) is 2. The number of ether oxygens (including phenoxy) is 1. The van der Waals surface area contributed by atoms with Gasteiger partial charge in [0.15, 0.2) is 0 Å². The molecule has 0 bridgehead atoms. The van der Waals surface area contributed by atoms with Crippen LogP contribution in [0.3, 0.4) is 0 Å². The maximum absolute atomic E-state index is 13.4. The van der Waals surface area contributed by atoms with Crippen molar-refractivity contribution in [2.24, 2.45) is 11.8 Å². The normalized spacial score (nSPS) is 27.3. The van der Waals surface area contributed by atoms with Gasteiger partial charge in [0.2, 0.25) is 11.8 Å². The number of aliphatic carboxylic acids is 1. The Bertz CT molecular complexity index is 1120. The summed E-state index contributed by atoms with van der Waals surface area (Å²) < 4.78 is 5.38. The molecular formula is C21H19N3O7. The second-order valence-electron chi connectivity index (χ2n) is 7.66. The zero-order valence-electron chi connectivity index (χ0n) is 16.6. The van der Waals surface area contributed by atoms with Crippen LogP contribution in [0.15, 0.2) is 48.5 Å². The number of non-ortho nitro benzene ring substituents is 1. The summed E-state index contributed by atoms with van der Waals surface area (Å²) >= 11 is 0. The number of nitrogens with zero attached hydrogens (tertiary/aromatic N) is 2. The van der Waals surface area contributed by atoms with Gasteiger partial charge in [0, 0.05) is 23.7 Å². The van der Waals surface area contributed by atoms with E-state index in [4.69, 9.17) is 4.74 Å². The van der Waals surface area contributed by atoms with Crippen LogP contribution in [0.4, 0.5) is 11.4 Å². The zero-order valence-corrected chi connectivity index (χ0v) is 16.6. The Balaban J connectivity index is 1.85. The van der Waals surface area contributed by atoms with Crippen LogP contribution in [0.5, 0.6) is 5.75 Å². The molecule has 4 rings (SSSR count). The van der Waals surface area contributed by atoms with Crippen molar-refractivity contribution >= 4 is 29.2 Å². The number of nitro groups is 1. The molecule has 2 fully saturated rings. The van der Waals surface area contributed by atoms with E-state index in [0.29, 0.717) is 11.3 Å². The van der Waals surface area contributed by atoms with Gasteiger partial charge in [-0.3, -0.25) is 29.8 Å². The first-order chi connectivity index (χ1) is 14.7. The molecule has 10 nitrogen and oxygen atoms in total. The number of amides is 2. The highest BCUT2D eigenvalue weighted by molar-refractivity contribution is 6.24. The van der Waals surface area contributed by atoms with E-state index >= 15 is 0 Å². The van der Waals surface area contributed by atoms with Crippen molar-refractivity contribution in [3.63, 3.8) is 0 Å². The number of imide groups is 1. The van der Waals surface area contributed by atoms with Crippen LogP contribution in [-0.4, -0.2) is 40.5 Å². The van der Waals surface area contributed by atoms with Gasteiger partial charge in [-0.2, -0.15) is 0 Å². The summed E-state index contributed by atoms with van der Waals surface area (Å²) in [5, 5.41) is 24.0. The topological polar surface area (TPSA) is 139 Å². The van der Waals surface area contributed by atoms with E-state index in [-0.39, 0.29) is 11.4 Å². The fourth-order valence-corrected chi connectivity index (χ4v) is 4.53. The highest BCUT2D eigenvalue weighted by Crippen LogP contribution is 2.51. The molecular weight excluding hydrogens is 406 g/mol. The Morgan fingerprint density at radius 2 is 1.90 bits per heavy atom. The van der Waals surface area contributed by atoms with Crippen molar-refractivity contribution in [3.8, 4) is 5.75 Å². The molecule has 2 N–H and O–H groups in total. The Morgan fingerprint density at radius 3 is 2.55 bits per heavy atom. The van der Waals surface area contributed by atoms with Gasteiger partial charge in [0.1, 0.15) is 11.3 Å². The molecule has 2 heterocycles. The lowest BCUT2D eigenvalue weighted by molar-refractivity contribution is -0.384. The smallest absolute Gasteiger partial charge is 0.324 e. The number of methoxy groups -OCH3 is 1. The molecule has 31 heavy (non-hydrogen) atoms. The van der Waals surface area contributed by atoms with Gasteiger partial charge >= 0.3 is 5.97 Å². The Labute approximate surface area is 176 Å². The minimum Gasteiger partial charge on any atom is -0.496 e. The van der Waals surface area contributed by atoms with E-state index < -0.39 is 46.1 Å². The largest absolute Gasteiger partial charge is 0.496 e. The molecule has 2 aromatic rings. The fourth-order valence-electron chi connectivity index (χ4n) is 4.53. The van der Waals surface area contributed by atoms with Crippen LogP contribution in [0.1, 0.15) is 18.5 Å². The second-order valence-corrected chi connectivity index (χ2v) is 7.66. The molecule has 2 aliphatic heterocycles. The van der Waals surface area contributed by atoms with E-state index in [1.807, 2.05) is 0 Å². The quantitative estimate of drug-likeness (QED) is 0.421. The highest BCUT2D eigenvalue weighted by Gasteiger charge is 2.67. The van der Waals surface area contributed by atoms with Crippen molar-refractivity contribution in [3.05, 3.63) is 64.2 Å². The van der Waals surface area contributed by atoms with Crippen LogP contribution in [-0.2, 0) is 14.4 Å². The third kappa shape index (κ3) is 2.95. The number of benzene rings is 2. The fraction of sp³-hybridized carbons (Fsp3) is 0.286. The summed E-state index contributed by atoms with van der Waals surface area (Å²) in [4.78, 5) is 50.3. The number of fused-ring (bicyclic) bond motifs is 1. The molecule has 4 unspecified atom stereocenters. The van der Waals surface area contributed by atoms with Crippen molar-refractivity contribution in [2.45, 2.75) is 18.5 Å². The van der Waals surface area contributed by atoms with E-state index in [0.717, 1.165) is 11.0 Å². The third-order valence-corrected chi connectivity index (χ3v) is 6.00. The van der Waals surface area contributed by atoms with Crippen molar-refractivity contribution in [1.29, 1.82) is 0 Å². The van der Waals surface area contributed by atoms with Gasteiger partial charge in [-0.1, -0.05) is 24.3 Å². The van der Waals surface area contributed by atoms with Crippen LogP contribution in [0.2, 0.25) is 0 Å².